The number of anilines is 1. The Bertz CT molecular complexity index is 617. The average Bonchev–Trinajstić information content (AvgIpc) is 3.10. The molecule has 1 aliphatic heterocycles. The number of aliphatic carboxylic acids is 1. The van der Waals surface area contributed by atoms with Crippen LogP contribution >= 0.6 is 0 Å². The van der Waals surface area contributed by atoms with Crippen molar-refractivity contribution in [1.29, 1.82) is 0 Å². The fourth-order valence-electron chi connectivity index (χ4n) is 3.55. The number of carboxylic acids is 1. The molecule has 0 spiro atoms. The number of carbonyl (C=O) groups is 2. The predicted octanol–water partition coefficient (Wildman–Crippen LogP) is 3.03. The van der Waals surface area contributed by atoms with Gasteiger partial charge in [0.2, 0.25) is 0 Å². The summed E-state index contributed by atoms with van der Waals surface area (Å²) in [6.07, 6.45) is 0.316. The van der Waals surface area contributed by atoms with Gasteiger partial charge in [0.1, 0.15) is 6.61 Å². The molecule has 1 aromatic carbocycles. The highest BCUT2D eigenvalue weighted by atomic mass is 16.6. The molecule has 1 N–H and O–H groups in total. The first-order valence-electron chi connectivity index (χ1n) is 7.55. The zero-order chi connectivity index (χ0) is 16.1. The Morgan fingerprint density at radius 3 is 2.36 bits per heavy atom. The van der Waals surface area contributed by atoms with E-state index in [1.807, 2.05) is 24.3 Å². The Hall–Kier alpha value is -2.04. The van der Waals surface area contributed by atoms with Gasteiger partial charge in [-0.1, -0.05) is 32.9 Å². The van der Waals surface area contributed by atoms with E-state index in [1.165, 1.54) is 0 Å². The number of benzene rings is 1. The summed E-state index contributed by atoms with van der Waals surface area (Å²) in [6, 6.07) is 7.29. The molecule has 1 heterocycles. The van der Waals surface area contributed by atoms with E-state index in [0.717, 1.165) is 11.3 Å². The minimum absolute atomic E-state index is 0.0458. The number of nitrogens with zero attached hydrogens (tertiary/aromatic N) is 1. The van der Waals surface area contributed by atoms with Crippen molar-refractivity contribution < 1.29 is 19.4 Å². The van der Waals surface area contributed by atoms with Crippen LogP contribution in [0.15, 0.2) is 24.3 Å². The quantitative estimate of drug-likeness (QED) is 0.932. The lowest BCUT2D eigenvalue weighted by atomic mass is 9.81. The molecule has 1 saturated heterocycles. The van der Waals surface area contributed by atoms with Crippen LogP contribution in [0.4, 0.5) is 10.5 Å². The molecule has 2 fully saturated rings. The van der Waals surface area contributed by atoms with E-state index < -0.39 is 11.4 Å². The topological polar surface area (TPSA) is 66.8 Å². The molecule has 0 bridgehead atoms. The largest absolute Gasteiger partial charge is 0.481 e. The molecule has 1 aromatic rings. The normalized spacial score (nSPS) is 27.7. The number of ether oxygens (including phenoxy) is 1. The Labute approximate surface area is 129 Å². The maximum atomic E-state index is 11.8. The Morgan fingerprint density at radius 1 is 1.32 bits per heavy atom. The molecule has 1 amide bonds. The van der Waals surface area contributed by atoms with Gasteiger partial charge in [-0.3, -0.25) is 9.69 Å². The third-order valence-corrected chi connectivity index (χ3v) is 4.84. The Morgan fingerprint density at radius 2 is 1.95 bits per heavy atom. The smallest absolute Gasteiger partial charge is 0.414 e. The lowest BCUT2D eigenvalue weighted by Crippen LogP contribution is -2.28. The van der Waals surface area contributed by atoms with Crippen molar-refractivity contribution in [1.82, 2.24) is 0 Å². The number of cyclic esters (lactones) is 1. The van der Waals surface area contributed by atoms with Crippen LogP contribution in [-0.4, -0.2) is 30.3 Å². The van der Waals surface area contributed by atoms with Crippen molar-refractivity contribution in [2.24, 2.45) is 11.3 Å². The van der Waals surface area contributed by atoms with Crippen molar-refractivity contribution in [3.63, 3.8) is 0 Å². The van der Waals surface area contributed by atoms with Crippen LogP contribution in [0.2, 0.25) is 0 Å². The van der Waals surface area contributed by atoms with Crippen molar-refractivity contribution in [3.8, 4) is 0 Å². The van der Waals surface area contributed by atoms with Crippen molar-refractivity contribution in [2.45, 2.75) is 32.6 Å². The summed E-state index contributed by atoms with van der Waals surface area (Å²) in [7, 11) is 0. The van der Waals surface area contributed by atoms with Gasteiger partial charge in [0.15, 0.2) is 0 Å². The highest BCUT2D eigenvalue weighted by Crippen LogP contribution is 2.62. The fraction of sp³-hybridized carbons (Fsp3) is 0.529. The van der Waals surface area contributed by atoms with E-state index in [0.29, 0.717) is 19.6 Å². The Balaban J connectivity index is 1.89. The van der Waals surface area contributed by atoms with Gasteiger partial charge in [0.05, 0.1) is 12.0 Å². The third kappa shape index (κ3) is 2.16. The van der Waals surface area contributed by atoms with Gasteiger partial charge in [-0.15, -0.1) is 0 Å². The van der Waals surface area contributed by atoms with E-state index >= 15 is 0 Å². The molecular weight excluding hydrogens is 282 g/mol. The molecule has 22 heavy (non-hydrogen) atoms. The molecule has 2 unspecified atom stereocenters. The van der Waals surface area contributed by atoms with Crippen LogP contribution in [0.5, 0.6) is 0 Å². The predicted molar refractivity (Wildman–Crippen MR) is 82.0 cm³/mol. The van der Waals surface area contributed by atoms with Gasteiger partial charge in [-0.05, 0) is 35.4 Å². The van der Waals surface area contributed by atoms with Crippen LogP contribution in [0, 0.1) is 11.3 Å². The van der Waals surface area contributed by atoms with Crippen LogP contribution in [0.3, 0.4) is 0 Å². The number of hydrogen-bond donors (Lipinski definition) is 1. The monoisotopic (exact) mass is 303 g/mol. The highest BCUT2D eigenvalue weighted by Gasteiger charge is 2.65. The van der Waals surface area contributed by atoms with Gasteiger partial charge in [0.25, 0.3) is 0 Å². The Kier molecular flexibility index (Phi) is 3.20. The standard InChI is InChI=1S/C17H21NO4/c1-16(2,3)13-10-17(13,14(19)20)11-4-6-12(7-5-11)18-8-9-22-15(18)21/h4-7,13H,8-10H2,1-3H3,(H,19,20). The molecule has 1 saturated carbocycles. The van der Waals surface area contributed by atoms with Crippen molar-refractivity contribution in [3.05, 3.63) is 29.8 Å². The molecule has 1 aliphatic carbocycles. The highest BCUT2D eigenvalue weighted by molar-refractivity contribution is 5.90. The summed E-state index contributed by atoms with van der Waals surface area (Å²) < 4.78 is 4.92. The van der Waals surface area contributed by atoms with E-state index in [2.05, 4.69) is 20.8 Å². The zero-order valence-corrected chi connectivity index (χ0v) is 13.1. The van der Waals surface area contributed by atoms with Crippen molar-refractivity contribution >= 4 is 17.7 Å². The molecule has 5 heteroatoms. The van der Waals surface area contributed by atoms with E-state index in [1.54, 1.807) is 4.90 Å². The van der Waals surface area contributed by atoms with Gasteiger partial charge >= 0.3 is 12.1 Å². The molecule has 0 aromatic heterocycles. The summed E-state index contributed by atoms with van der Waals surface area (Å²) in [4.78, 5) is 25.0. The van der Waals surface area contributed by atoms with Crippen LogP contribution in [0.25, 0.3) is 0 Å². The maximum absolute atomic E-state index is 11.8. The first-order valence-corrected chi connectivity index (χ1v) is 7.55. The molecule has 3 rings (SSSR count). The molecule has 5 nitrogen and oxygen atoms in total. The van der Waals surface area contributed by atoms with Gasteiger partial charge in [0, 0.05) is 5.69 Å². The van der Waals surface area contributed by atoms with E-state index in [4.69, 9.17) is 4.74 Å². The fourth-order valence-corrected chi connectivity index (χ4v) is 3.55. The maximum Gasteiger partial charge on any atom is 0.414 e. The lowest BCUT2D eigenvalue weighted by molar-refractivity contribution is -0.141. The lowest BCUT2D eigenvalue weighted by Gasteiger charge is -2.23. The van der Waals surface area contributed by atoms with Crippen molar-refractivity contribution in [2.75, 3.05) is 18.1 Å². The van der Waals surface area contributed by atoms with E-state index in [9.17, 15) is 14.7 Å². The van der Waals surface area contributed by atoms with E-state index in [-0.39, 0.29) is 17.4 Å². The SMILES string of the molecule is CC(C)(C)C1CC1(C(=O)O)c1ccc(N2CCOC2=O)cc1. The van der Waals surface area contributed by atoms with Crippen LogP contribution in [0.1, 0.15) is 32.8 Å². The second kappa shape index (κ2) is 4.73. The number of carbonyl (C=O) groups excluding carboxylic acids is 1. The molecule has 2 aliphatic rings. The molecule has 2 atom stereocenters. The third-order valence-electron chi connectivity index (χ3n) is 4.84. The molecular formula is C17H21NO4. The average molecular weight is 303 g/mol. The summed E-state index contributed by atoms with van der Waals surface area (Å²) in [5.41, 5.74) is 0.731. The van der Waals surface area contributed by atoms with Gasteiger partial charge in [-0.25, -0.2) is 4.79 Å². The minimum atomic E-state index is -0.789. The minimum Gasteiger partial charge on any atom is -0.481 e. The first kappa shape index (κ1) is 14.9. The number of rotatable bonds is 3. The zero-order valence-electron chi connectivity index (χ0n) is 13.1. The van der Waals surface area contributed by atoms with Gasteiger partial charge in [-0.2, -0.15) is 0 Å². The number of carboxylic acid groups (broad SMARTS) is 1. The van der Waals surface area contributed by atoms with Gasteiger partial charge < -0.3 is 9.84 Å². The first-order chi connectivity index (χ1) is 10.3. The second-order valence-electron chi connectivity index (χ2n) is 7.21. The second-order valence-corrected chi connectivity index (χ2v) is 7.21. The summed E-state index contributed by atoms with van der Waals surface area (Å²) in [5.74, 6) is -0.638. The van der Waals surface area contributed by atoms with Crippen LogP contribution < -0.4 is 4.90 Å². The summed E-state index contributed by atoms with van der Waals surface area (Å²) in [6.45, 7) is 7.17. The summed E-state index contributed by atoms with van der Waals surface area (Å²) in [5, 5.41) is 9.73. The molecule has 0 radical (unpaired) electrons. The summed E-state index contributed by atoms with van der Waals surface area (Å²) >= 11 is 0. The molecule has 118 valence electrons. The van der Waals surface area contributed by atoms with Crippen LogP contribution in [-0.2, 0) is 14.9 Å². The number of hydrogen-bond acceptors (Lipinski definition) is 3. The number of amides is 1.